The highest BCUT2D eigenvalue weighted by molar-refractivity contribution is 7.89. The Kier molecular flexibility index (Phi) is 9.92. The number of para-hydroxylation sites is 1. The Morgan fingerprint density at radius 1 is 1.02 bits per heavy atom. The van der Waals surface area contributed by atoms with Crippen LogP contribution in [0.25, 0.3) is 11.0 Å². The number of anilines is 1. The maximum Gasteiger partial charge on any atom is 0.309 e. The summed E-state index contributed by atoms with van der Waals surface area (Å²) in [5.41, 5.74) is 7.12. The van der Waals surface area contributed by atoms with Gasteiger partial charge in [0.1, 0.15) is 10.4 Å². The quantitative estimate of drug-likeness (QED) is 0.254. The summed E-state index contributed by atoms with van der Waals surface area (Å²) in [7, 11) is 0.0534. The Morgan fingerprint density at radius 3 is 2.47 bits per heavy atom. The maximum atomic E-state index is 13.8. The fraction of sp³-hybridized carbons (Fsp3) is 0.424. The summed E-state index contributed by atoms with van der Waals surface area (Å²) in [5, 5.41) is 8.55. The highest BCUT2D eigenvalue weighted by atomic mass is 32.2. The fourth-order valence-corrected chi connectivity index (χ4v) is 7.42. The summed E-state index contributed by atoms with van der Waals surface area (Å²) < 4.78 is 36.3. The predicted molar refractivity (Wildman–Crippen MR) is 171 cm³/mol. The number of esters is 1. The number of fused-ring (bicyclic) bond motifs is 2. The van der Waals surface area contributed by atoms with Crippen molar-refractivity contribution in [1.29, 1.82) is 0 Å². The van der Waals surface area contributed by atoms with Crippen molar-refractivity contribution in [3.8, 4) is 0 Å². The number of aromatic nitrogens is 3. The second-order valence-corrected chi connectivity index (χ2v) is 12.7. The van der Waals surface area contributed by atoms with Crippen LogP contribution in [0.1, 0.15) is 61.4 Å². The van der Waals surface area contributed by atoms with Crippen molar-refractivity contribution in [3.05, 3.63) is 82.4 Å². The van der Waals surface area contributed by atoms with Gasteiger partial charge >= 0.3 is 5.97 Å². The first-order chi connectivity index (χ1) is 20.5. The van der Waals surface area contributed by atoms with Gasteiger partial charge in [-0.2, -0.15) is 4.31 Å². The minimum atomic E-state index is -3.72. The van der Waals surface area contributed by atoms with Crippen molar-refractivity contribution < 1.29 is 17.9 Å². The molecule has 1 aromatic heterocycles. The van der Waals surface area contributed by atoms with E-state index in [1.165, 1.54) is 0 Å². The van der Waals surface area contributed by atoms with Gasteiger partial charge in [0.2, 0.25) is 10.0 Å². The molecule has 0 N–H and O–H groups in total. The highest BCUT2D eigenvalue weighted by Gasteiger charge is 2.33. The molecule has 0 amide bonds. The molecule has 0 saturated carbocycles. The molecule has 0 aliphatic carbocycles. The Bertz CT molecular complexity index is 1720. The molecule has 1 aliphatic rings. The number of hydrogen-bond acceptors (Lipinski definition) is 7. The lowest BCUT2D eigenvalue weighted by atomic mass is 9.78. The van der Waals surface area contributed by atoms with Crippen LogP contribution in [0.3, 0.4) is 0 Å². The lowest BCUT2D eigenvalue weighted by molar-refractivity contribution is -0.147. The van der Waals surface area contributed by atoms with E-state index in [1.807, 2.05) is 96.1 Å². The van der Waals surface area contributed by atoms with Crippen LogP contribution in [-0.4, -0.2) is 60.4 Å². The summed E-state index contributed by atoms with van der Waals surface area (Å²) in [6.45, 7) is 13.1. The van der Waals surface area contributed by atoms with Crippen LogP contribution in [0.5, 0.6) is 0 Å². The molecule has 2 heterocycles. The first kappa shape index (κ1) is 32.2. The van der Waals surface area contributed by atoms with Crippen molar-refractivity contribution >= 4 is 32.7 Å². The number of carbonyl (C=O) groups is 1. The molecule has 2 atom stereocenters. The van der Waals surface area contributed by atoms with Crippen molar-refractivity contribution in [2.45, 2.75) is 58.9 Å². The Morgan fingerprint density at radius 2 is 1.74 bits per heavy atom. The van der Waals surface area contributed by atoms with E-state index < -0.39 is 15.9 Å². The third-order valence-corrected chi connectivity index (χ3v) is 10.1. The zero-order chi connectivity index (χ0) is 31.5. The van der Waals surface area contributed by atoms with Gasteiger partial charge in [0.25, 0.3) is 0 Å². The zero-order valence-electron chi connectivity index (χ0n) is 26.5. The lowest BCUT2D eigenvalue weighted by Gasteiger charge is -2.27. The van der Waals surface area contributed by atoms with Crippen LogP contribution in [0.15, 0.2) is 59.5 Å². The van der Waals surface area contributed by atoms with E-state index in [4.69, 9.17) is 4.74 Å². The van der Waals surface area contributed by atoms with Gasteiger partial charge in [0, 0.05) is 39.6 Å². The van der Waals surface area contributed by atoms with Crippen LogP contribution in [-0.2, 0) is 33.1 Å². The molecule has 9 nitrogen and oxygen atoms in total. The average molecular weight is 606 g/mol. The van der Waals surface area contributed by atoms with Gasteiger partial charge in [-0.25, -0.2) is 13.1 Å². The summed E-state index contributed by atoms with van der Waals surface area (Å²) in [4.78, 5) is 15.4. The van der Waals surface area contributed by atoms with E-state index >= 15 is 0 Å². The average Bonchev–Trinajstić information content (AvgIpc) is 3.35. The summed E-state index contributed by atoms with van der Waals surface area (Å²) in [6, 6.07) is 17.2. The van der Waals surface area contributed by atoms with Crippen LogP contribution in [0.4, 0.5) is 5.69 Å². The van der Waals surface area contributed by atoms with Gasteiger partial charge in [-0.15, -0.1) is 5.10 Å². The van der Waals surface area contributed by atoms with Gasteiger partial charge < -0.3 is 9.64 Å². The second kappa shape index (κ2) is 13.3. The molecular weight excluding hydrogens is 562 g/mol. The van der Waals surface area contributed by atoms with Crippen LogP contribution < -0.4 is 4.90 Å². The monoisotopic (exact) mass is 605 g/mol. The van der Waals surface area contributed by atoms with Gasteiger partial charge in [-0.3, -0.25) is 4.79 Å². The Hall–Kier alpha value is -3.76. The molecule has 5 rings (SSSR count). The van der Waals surface area contributed by atoms with Crippen LogP contribution in [0.2, 0.25) is 0 Å². The molecule has 0 bridgehead atoms. The van der Waals surface area contributed by atoms with E-state index in [2.05, 4.69) is 10.3 Å². The third kappa shape index (κ3) is 6.17. The maximum absolute atomic E-state index is 13.8. The Balaban J connectivity index is 0.00000207. The van der Waals surface area contributed by atoms with Gasteiger partial charge in [0.15, 0.2) is 0 Å². The van der Waals surface area contributed by atoms with E-state index in [0.717, 1.165) is 38.9 Å². The van der Waals surface area contributed by atoms with E-state index in [9.17, 15) is 13.2 Å². The first-order valence-corrected chi connectivity index (χ1v) is 16.3. The van der Waals surface area contributed by atoms with E-state index in [1.54, 1.807) is 28.0 Å². The zero-order valence-corrected chi connectivity index (χ0v) is 27.3. The van der Waals surface area contributed by atoms with E-state index in [0.29, 0.717) is 30.3 Å². The van der Waals surface area contributed by atoms with Crippen molar-refractivity contribution in [2.75, 3.05) is 31.6 Å². The molecule has 4 aromatic rings. The number of carbonyl (C=O) groups excluding carboxylic acids is 1. The number of nitrogens with zero attached hydrogens (tertiary/aromatic N) is 5. The number of benzene rings is 3. The molecule has 0 fully saturated rings. The normalized spacial score (nSPS) is 16.0. The van der Waals surface area contributed by atoms with Crippen molar-refractivity contribution in [3.63, 3.8) is 0 Å². The molecule has 230 valence electrons. The SMILES string of the molecule is CC.CCOC(=O)C(C)C(c1ccc(C)c(CN2CCN(C)c3ccccc3S2(=O)=O)c1)c1ccc2c(nnn2C)c1C. The molecular formula is C33H43N5O4S. The molecule has 1 aliphatic heterocycles. The highest BCUT2D eigenvalue weighted by Crippen LogP contribution is 2.38. The summed E-state index contributed by atoms with van der Waals surface area (Å²) in [5.74, 6) is -1.10. The second-order valence-electron chi connectivity index (χ2n) is 10.8. The minimum absolute atomic E-state index is 0.229. The predicted octanol–water partition coefficient (Wildman–Crippen LogP) is 5.58. The van der Waals surface area contributed by atoms with Gasteiger partial charge in [-0.1, -0.05) is 62.4 Å². The molecule has 10 heteroatoms. The van der Waals surface area contributed by atoms with Crippen LogP contribution >= 0.6 is 0 Å². The minimum Gasteiger partial charge on any atom is -0.466 e. The summed E-state index contributed by atoms with van der Waals surface area (Å²) >= 11 is 0. The number of hydrogen-bond donors (Lipinski definition) is 0. The third-order valence-electron chi connectivity index (χ3n) is 8.23. The number of ether oxygens (including phenoxy) is 1. The largest absolute Gasteiger partial charge is 0.466 e. The molecule has 43 heavy (non-hydrogen) atoms. The number of likely N-dealkylation sites (N-methyl/N-ethyl adjacent to an activating group) is 1. The number of rotatable bonds is 7. The smallest absolute Gasteiger partial charge is 0.309 e. The lowest BCUT2D eigenvalue weighted by Crippen LogP contribution is -2.33. The van der Waals surface area contributed by atoms with Crippen molar-refractivity contribution in [2.24, 2.45) is 13.0 Å². The molecule has 0 spiro atoms. The first-order valence-electron chi connectivity index (χ1n) is 14.9. The summed E-state index contributed by atoms with van der Waals surface area (Å²) in [6.07, 6.45) is 0. The van der Waals surface area contributed by atoms with Gasteiger partial charge in [-0.05, 0) is 66.8 Å². The standard InChI is InChI=1S/C31H37N5O4S.C2H6/c1-7-40-31(37)22(4)29(25-14-15-27-30(21(25)3)32-33-35(27)6)23-13-12-20(2)24(18-23)19-36-17-16-34(5)26-10-8-9-11-28(26)41(36,38)39;1-2/h8-15,18,22,29H,7,16-17,19H2,1-6H3;1-2H3. The molecule has 2 unspecified atom stereocenters. The van der Waals surface area contributed by atoms with E-state index in [-0.39, 0.29) is 18.4 Å². The topological polar surface area (TPSA) is 97.6 Å². The molecule has 0 saturated heterocycles. The van der Waals surface area contributed by atoms with Crippen LogP contribution in [0, 0.1) is 19.8 Å². The number of aryl methyl sites for hydroxylation is 3. The molecule has 0 radical (unpaired) electrons. The number of sulfonamides is 1. The fourth-order valence-electron chi connectivity index (χ4n) is 5.77. The Labute approximate surface area is 255 Å². The molecule has 3 aromatic carbocycles. The van der Waals surface area contributed by atoms with Gasteiger partial charge in [0.05, 0.1) is 23.7 Å². The van der Waals surface area contributed by atoms with Crippen molar-refractivity contribution in [1.82, 2.24) is 19.3 Å².